The molecule has 32 heavy (non-hydrogen) atoms. The molecule has 0 spiro atoms. The molecular formula is C21H23FN4O4S2. The molecule has 0 aliphatic heterocycles. The van der Waals surface area contributed by atoms with Crippen molar-refractivity contribution in [3.63, 3.8) is 0 Å². The first-order valence-corrected chi connectivity index (χ1v) is 12.4. The third-order valence-electron chi connectivity index (χ3n) is 4.66. The van der Waals surface area contributed by atoms with Gasteiger partial charge in [0.05, 0.1) is 39.6 Å². The van der Waals surface area contributed by atoms with E-state index in [1.165, 1.54) is 44.4 Å². The summed E-state index contributed by atoms with van der Waals surface area (Å²) < 4.78 is 67.0. The van der Waals surface area contributed by atoms with Crippen LogP contribution in [0.2, 0.25) is 0 Å². The van der Waals surface area contributed by atoms with Crippen molar-refractivity contribution in [3.8, 4) is 0 Å². The Bertz CT molecular complexity index is 1290. The molecule has 8 nitrogen and oxygen atoms in total. The number of para-hydroxylation sites is 2. The maximum atomic E-state index is 13.1. The van der Waals surface area contributed by atoms with Gasteiger partial charge in [0.2, 0.25) is 10.0 Å². The molecule has 0 bridgehead atoms. The van der Waals surface area contributed by atoms with Gasteiger partial charge in [-0.25, -0.2) is 25.5 Å². The smallest absolute Gasteiger partial charge is 0.261 e. The Morgan fingerprint density at radius 3 is 2.09 bits per heavy atom. The van der Waals surface area contributed by atoms with E-state index in [0.29, 0.717) is 23.6 Å². The van der Waals surface area contributed by atoms with Gasteiger partial charge in [-0.15, -0.1) is 0 Å². The fraction of sp³-hybridized carbons (Fsp3) is 0.190. The van der Waals surface area contributed by atoms with Crippen LogP contribution in [0.1, 0.15) is 5.69 Å². The average molecular weight is 479 g/mol. The second-order valence-corrected chi connectivity index (χ2v) is 11.0. The van der Waals surface area contributed by atoms with E-state index in [2.05, 4.69) is 9.71 Å². The zero-order chi connectivity index (χ0) is 23.5. The van der Waals surface area contributed by atoms with Crippen LogP contribution in [0.15, 0.2) is 76.7 Å². The van der Waals surface area contributed by atoms with Crippen LogP contribution >= 0.6 is 0 Å². The summed E-state index contributed by atoms with van der Waals surface area (Å²) in [6.07, 6.45) is 1.12. The van der Waals surface area contributed by atoms with Gasteiger partial charge in [-0.2, -0.15) is 0 Å². The SMILES string of the molecule is CN(Cc1ccc(F)cn1)c1ccccc1NS(=O)(=O)c1ccc(S(=O)(=O)N(C)C)cc1. The van der Waals surface area contributed by atoms with Crippen LogP contribution in [-0.2, 0) is 26.6 Å². The second kappa shape index (κ2) is 9.23. The first kappa shape index (κ1) is 23.6. The Morgan fingerprint density at radius 1 is 0.875 bits per heavy atom. The normalized spacial score (nSPS) is 12.0. The number of halogens is 1. The molecule has 11 heteroatoms. The number of anilines is 2. The highest BCUT2D eigenvalue weighted by atomic mass is 32.2. The van der Waals surface area contributed by atoms with Crippen LogP contribution in [0, 0.1) is 5.82 Å². The molecule has 3 rings (SSSR count). The molecule has 0 saturated carbocycles. The Labute approximate surface area is 187 Å². The van der Waals surface area contributed by atoms with Crippen molar-refractivity contribution >= 4 is 31.4 Å². The monoisotopic (exact) mass is 478 g/mol. The van der Waals surface area contributed by atoms with Crippen molar-refractivity contribution in [3.05, 3.63) is 78.4 Å². The lowest BCUT2D eigenvalue weighted by Crippen LogP contribution is -2.22. The fourth-order valence-electron chi connectivity index (χ4n) is 2.93. The number of pyridine rings is 1. The van der Waals surface area contributed by atoms with Crippen LogP contribution in [0.3, 0.4) is 0 Å². The number of benzene rings is 2. The van der Waals surface area contributed by atoms with E-state index in [1.807, 2.05) is 0 Å². The Kier molecular flexibility index (Phi) is 6.82. The predicted molar refractivity (Wildman–Crippen MR) is 121 cm³/mol. The summed E-state index contributed by atoms with van der Waals surface area (Å²) in [6, 6.07) is 14.7. The van der Waals surface area contributed by atoms with Gasteiger partial charge in [-0.05, 0) is 48.5 Å². The van der Waals surface area contributed by atoms with Gasteiger partial charge < -0.3 is 4.90 Å². The van der Waals surface area contributed by atoms with Crippen LogP contribution in [0.25, 0.3) is 0 Å². The largest absolute Gasteiger partial charge is 0.367 e. The minimum atomic E-state index is -3.98. The molecule has 0 amide bonds. The Morgan fingerprint density at radius 2 is 1.50 bits per heavy atom. The highest BCUT2D eigenvalue weighted by molar-refractivity contribution is 7.92. The van der Waals surface area contributed by atoms with Crippen molar-refractivity contribution in [2.24, 2.45) is 0 Å². The van der Waals surface area contributed by atoms with E-state index in [4.69, 9.17) is 0 Å². The van der Waals surface area contributed by atoms with Crippen molar-refractivity contribution in [1.29, 1.82) is 0 Å². The maximum Gasteiger partial charge on any atom is 0.261 e. The molecule has 0 aliphatic carbocycles. The van der Waals surface area contributed by atoms with Crippen LogP contribution < -0.4 is 9.62 Å². The van der Waals surface area contributed by atoms with E-state index < -0.39 is 25.9 Å². The molecule has 3 aromatic rings. The maximum absolute atomic E-state index is 13.1. The topological polar surface area (TPSA) is 99.7 Å². The summed E-state index contributed by atoms with van der Waals surface area (Å²) in [6.45, 7) is 0.329. The molecule has 0 aliphatic rings. The zero-order valence-electron chi connectivity index (χ0n) is 17.7. The fourth-order valence-corrected chi connectivity index (χ4v) is 4.90. The van der Waals surface area contributed by atoms with E-state index in [0.717, 1.165) is 10.5 Å². The van der Waals surface area contributed by atoms with Gasteiger partial charge in [0, 0.05) is 21.1 Å². The lowest BCUT2D eigenvalue weighted by molar-refractivity contribution is 0.520. The lowest BCUT2D eigenvalue weighted by Gasteiger charge is -2.22. The Hall–Kier alpha value is -3.02. The number of rotatable bonds is 8. The first-order chi connectivity index (χ1) is 15.0. The molecule has 170 valence electrons. The molecule has 0 radical (unpaired) electrons. The summed E-state index contributed by atoms with van der Waals surface area (Å²) in [4.78, 5) is 5.73. The van der Waals surface area contributed by atoms with Gasteiger partial charge in [-0.1, -0.05) is 12.1 Å². The van der Waals surface area contributed by atoms with E-state index in [1.54, 1.807) is 42.3 Å². The number of hydrogen-bond donors (Lipinski definition) is 1. The second-order valence-electron chi connectivity index (χ2n) is 7.21. The molecule has 0 saturated heterocycles. The first-order valence-electron chi connectivity index (χ1n) is 9.47. The van der Waals surface area contributed by atoms with E-state index in [9.17, 15) is 21.2 Å². The van der Waals surface area contributed by atoms with Crippen LogP contribution in [-0.4, -0.2) is 47.3 Å². The number of sulfonamides is 2. The average Bonchev–Trinajstić information content (AvgIpc) is 2.75. The third kappa shape index (κ3) is 5.23. The van der Waals surface area contributed by atoms with Crippen LogP contribution in [0.5, 0.6) is 0 Å². The number of nitrogens with one attached hydrogen (secondary N) is 1. The standard InChI is InChI=1S/C21H23FN4O4S2/c1-25(2)32(29,30)19-12-10-18(11-13-19)31(27,28)24-20-6-4-5-7-21(20)26(3)15-17-9-8-16(22)14-23-17/h4-14,24H,15H2,1-3H3. The lowest BCUT2D eigenvalue weighted by atomic mass is 10.2. The molecule has 0 fully saturated rings. The van der Waals surface area contributed by atoms with Crippen molar-refractivity contribution in [2.45, 2.75) is 16.3 Å². The molecule has 1 heterocycles. The quantitative estimate of drug-likeness (QED) is 0.534. The zero-order valence-corrected chi connectivity index (χ0v) is 19.4. The van der Waals surface area contributed by atoms with E-state index in [-0.39, 0.29) is 9.79 Å². The molecule has 1 aromatic heterocycles. The molecule has 0 atom stereocenters. The number of aromatic nitrogens is 1. The molecule has 2 aromatic carbocycles. The number of nitrogens with zero attached hydrogens (tertiary/aromatic N) is 3. The summed E-state index contributed by atoms with van der Waals surface area (Å²) in [7, 11) is -3.09. The molecule has 0 unspecified atom stereocenters. The highest BCUT2D eigenvalue weighted by Gasteiger charge is 2.21. The van der Waals surface area contributed by atoms with Gasteiger partial charge in [0.25, 0.3) is 10.0 Å². The Balaban J connectivity index is 1.84. The van der Waals surface area contributed by atoms with Gasteiger partial charge in [-0.3, -0.25) is 9.71 Å². The van der Waals surface area contributed by atoms with Crippen molar-refractivity contribution in [1.82, 2.24) is 9.29 Å². The highest BCUT2D eigenvalue weighted by Crippen LogP contribution is 2.28. The van der Waals surface area contributed by atoms with Crippen molar-refractivity contribution < 1.29 is 21.2 Å². The molecular weight excluding hydrogens is 455 g/mol. The van der Waals surface area contributed by atoms with Crippen LogP contribution in [0.4, 0.5) is 15.8 Å². The third-order valence-corrected chi connectivity index (χ3v) is 7.87. The van der Waals surface area contributed by atoms with Gasteiger partial charge in [0.1, 0.15) is 5.82 Å². The summed E-state index contributed by atoms with van der Waals surface area (Å²) >= 11 is 0. The van der Waals surface area contributed by atoms with Gasteiger partial charge >= 0.3 is 0 Å². The van der Waals surface area contributed by atoms with Crippen molar-refractivity contribution in [2.75, 3.05) is 30.8 Å². The predicted octanol–water partition coefficient (Wildman–Crippen LogP) is 2.91. The summed E-state index contributed by atoms with van der Waals surface area (Å²) in [5.41, 5.74) is 1.54. The number of hydrogen-bond acceptors (Lipinski definition) is 6. The van der Waals surface area contributed by atoms with Gasteiger partial charge in [0.15, 0.2) is 0 Å². The minimum absolute atomic E-state index is 0.00613. The summed E-state index contributed by atoms with van der Waals surface area (Å²) in [5, 5.41) is 0. The molecule has 1 N–H and O–H groups in total. The summed E-state index contributed by atoms with van der Waals surface area (Å²) in [5.74, 6) is -0.436. The van der Waals surface area contributed by atoms with E-state index >= 15 is 0 Å². The minimum Gasteiger partial charge on any atom is -0.367 e.